The lowest BCUT2D eigenvalue weighted by molar-refractivity contribution is -0.384. The maximum atomic E-state index is 10.6. The van der Waals surface area contributed by atoms with Gasteiger partial charge >= 0.3 is 0 Å². The molecule has 1 unspecified atom stereocenters. The predicted molar refractivity (Wildman–Crippen MR) is 73.6 cm³/mol. The Morgan fingerprint density at radius 3 is 3.00 bits per heavy atom. The van der Waals surface area contributed by atoms with Gasteiger partial charge in [-0.3, -0.25) is 10.1 Å². The van der Waals surface area contributed by atoms with Crippen LogP contribution in [0.15, 0.2) is 18.2 Å². The molecule has 1 heterocycles. The third kappa shape index (κ3) is 3.68. The molecule has 1 N–H and O–H groups in total. The normalized spacial score (nSPS) is 18.2. The third-order valence-corrected chi connectivity index (χ3v) is 3.43. The molecular weight excluding hydrogens is 258 g/mol. The van der Waals surface area contributed by atoms with Crippen molar-refractivity contribution in [1.82, 2.24) is 5.32 Å². The molecule has 0 spiro atoms. The fraction of sp³-hybridized carbons (Fsp3) is 0.500. The van der Waals surface area contributed by atoms with Crippen LogP contribution in [-0.4, -0.2) is 24.1 Å². The first-order chi connectivity index (χ1) is 9.70. The van der Waals surface area contributed by atoms with Crippen LogP contribution in [0.1, 0.15) is 31.2 Å². The second-order valence-corrected chi connectivity index (χ2v) is 4.83. The Balaban J connectivity index is 1.92. The van der Waals surface area contributed by atoms with Crippen LogP contribution in [0.25, 0.3) is 0 Å². The lowest BCUT2D eigenvalue weighted by atomic mass is 10.0. The fourth-order valence-corrected chi connectivity index (χ4v) is 2.33. The van der Waals surface area contributed by atoms with E-state index in [4.69, 9.17) is 10.00 Å². The van der Waals surface area contributed by atoms with E-state index in [0.29, 0.717) is 18.4 Å². The number of piperidine rings is 1. The number of nitro benzene ring substituents is 1. The van der Waals surface area contributed by atoms with Crippen molar-refractivity contribution >= 4 is 5.69 Å². The van der Waals surface area contributed by atoms with Crippen molar-refractivity contribution in [3.63, 3.8) is 0 Å². The summed E-state index contributed by atoms with van der Waals surface area (Å²) in [5.74, 6) is 0.411. The summed E-state index contributed by atoms with van der Waals surface area (Å²) in [5.41, 5.74) is 0.110. The number of nitrogens with zero attached hydrogens (tertiary/aromatic N) is 2. The van der Waals surface area contributed by atoms with Crippen molar-refractivity contribution in [2.75, 3.05) is 13.2 Å². The Morgan fingerprint density at radius 1 is 1.50 bits per heavy atom. The van der Waals surface area contributed by atoms with Gasteiger partial charge in [0.1, 0.15) is 17.4 Å². The first-order valence-corrected chi connectivity index (χ1v) is 6.75. The summed E-state index contributed by atoms with van der Waals surface area (Å²) in [5, 5.41) is 23.1. The molecular formula is C14H17N3O3. The summed E-state index contributed by atoms with van der Waals surface area (Å²) >= 11 is 0. The summed E-state index contributed by atoms with van der Waals surface area (Å²) in [6, 6.07) is 6.49. The van der Waals surface area contributed by atoms with Gasteiger partial charge in [0.25, 0.3) is 5.69 Å². The average molecular weight is 275 g/mol. The smallest absolute Gasteiger partial charge is 0.271 e. The highest BCUT2D eigenvalue weighted by Crippen LogP contribution is 2.23. The maximum absolute atomic E-state index is 10.6. The van der Waals surface area contributed by atoms with Crippen LogP contribution in [0.4, 0.5) is 5.69 Å². The van der Waals surface area contributed by atoms with Crippen molar-refractivity contribution in [2.45, 2.75) is 31.7 Å². The number of ether oxygens (including phenoxy) is 1. The van der Waals surface area contributed by atoms with E-state index in [1.54, 1.807) is 0 Å². The van der Waals surface area contributed by atoms with Crippen LogP contribution in [0.3, 0.4) is 0 Å². The largest absolute Gasteiger partial charge is 0.492 e. The quantitative estimate of drug-likeness (QED) is 0.658. The molecule has 20 heavy (non-hydrogen) atoms. The van der Waals surface area contributed by atoms with Gasteiger partial charge in [-0.25, -0.2) is 0 Å². The molecule has 1 fully saturated rings. The Labute approximate surface area is 117 Å². The number of nitriles is 1. The first kappa shape index (κ1) is 14.3. The van der Waals surface area contributed by atoms with E-state index in [-0.39, 0.29) is 11.3 Å². The van der Waals surface area contributed by atoms with Gasteiger partial charge in [0.15, 0.2) is 0 Å². The minimum absolute atomic E-state index is 0.0946. The van der Waals surface area contributed by atoms with E-state index < -0.39 is 4.92 Å². The Hall–Kier alpha value is -2.13. The van der Waals surface area contributed by atoms with Crippen LogP contribution in [0.2, 0.25) is 0 Å². The van der Waals surface area contributed by atoms with Crippen molar-refractivity contribution in [1.29, 1.82) is 5.26 Å². The molecule has 6 heteroatoms. The van der Waals surface area contributed by atoms with Gasteiger partial charge in [0.05, 0.1) is 11.5 Å². The zero-order valence-corrected chi connectivity index (χ0v) is 11.2. The average Bonchev–Trinajstić information content (AvgIpc) is 2.48. The van der Waals surface area contributed by atoms with Gasteiger partial charge in [-0.05, 0) is 31.9 Å². The van der Waals surface area contributed by atoms with Gasteiger partial charge in [-0.2, -0.15) is 5.26 Å². The number of nitro groups is 1. The molecule has 6 nitrogen and oxygen atoms in total. The first-order valence-electron chi connectivity index (χ1n) is 6.75. The minimum Gasteiger partial charge on any atom is -0.492 e. The number of rotatable bonds is 5. The lowest BCUT2D eigenvalue weighted by Gasteiger charge is -2.23. The number of non-ortho nitro benzene ring substituents is 1. The van der Waals surface area contributed by atoms with E-state index in [0.717, 1.165) is 19.4 Å². The van der Waals surface area contributed by atoms with Crippen LogP contribution >= 0.6 is 0 Å². The summed E-state index contributed by atoms with van der Waals surface area (Å²) in [7, 11) is 0. The van der Waals surface area contributed by atoms with Crippen LogP contribution in [0.5, 0.6) is 5.75 Å². The molecule has 0 saturated carbocycles. The Morgan fingerprint density at radius 2 is 2.35 bits per heavy atom. The van der Waals surface area contributed by atoms with Crippen molar-refractivity contribution < 1.29 is 9.66 Å². The Kier molecular flexibility index (Phi) is 4.91. The number of hydrogen-bond donors (Lipinski definition) is 1. The summed E-state index contributed by atoms with van der Waals surface area (Å²) in [6.45, 7) is 1.55. The highest BCUT2D eigenvalue weighted by Gasteiger charge is 2.14. The maximum Gasteiger partial charge on any atom is 0.271 e. The van der Waals surface area contributed by atoms with E-state index in [2.05, 4.69) is 5.32 Å². The van der Waals surface area contributed by atoms with Crippen molar-refractivity contribution in [3.8, 4) is 11.8 Å². The third-order valence-electron chi connectivity index (χ3n) is 3.43. The molecule has 106 valence electrons. The predicted octanol–water partition coefficient (Wildman–Crippen LogP) is 2.38. The topological polar surface area (TPSA) is 88.2 Å². The molecule has 1 aromatic rings. The van der Waals surface area contributed by atoms with Crippen molar-refractivity contribution in [2.24, 2.45) is 0 Å². The van der Waals surface area contributed by atoms with Crippen LogP contribution < -0.4 is 10.1 Å². The fourth-order valence-electron chi connectivity index (χ4n) is 2.33. The zero-order valence-electron chi connectivity index (χ0n) is 11.2. The molecule has 1 aromatic carbocycles. The lowest BCUT2D eigenvalue weighted by Crippen LogP contribution is -2.35. The zero-order chi connectivity index (χ0) is 14.4. The van der Waals surface area contributed by atoms with Gasteiger partial charge < -0.3 is 10.1 Å². The van der Waals surface area contributed by atoms with Gasteiger partial charge in [0.2, 0.25) is 0 Å². The second-order valence-electron chi connectivity index (χ2n) is 4.83. The summed E-state index contributed by atoms with van der Waals surface area (Å²) < 4.78 is 5.58. The monoisotopic (exact) mass is 275 g/mol. The van der Waals surface area contributed by atoms with Gasteiger partial charge in [-0.1, -0.05) is 6.42 Å². The molecule has 0 bridgehead atoms. The van der Waals surface area contributed by atoms with Gasteiger partial charge in [0, 0.05) is 18.2 Å². The van der Waals surface area contributed by atoms with Crippen LogP contribution in [0, 0.1) is 21.4 Å². The Bertz CT molecular complexity index is 519. The van der Waals surface area contributed by atoms with E-state index in [9.17, 15) is 10.1 Å². The highest BCUT2D eigenvalue weighted by atomic mass is 16.6. The standard InChI is InChI=1S/C14H17N3O3/c15-10-11-9-13(17(18)19)4-5-14(11)20-8-6-12-3-1-2-7-16-12/h4-5,9,12,16H,1-3,6-8H2. The molecule has 0 radical (unpaired) electrons. The highest BCUT2D eigenvalue weighted by molar-refractivity contribution is 5.50. The summed E-state index contributed by atoms with van der Waals surface area (Å²) in [6.07, 6.45) is 4.48. The molecule has 1 aliphatic heterocycles. The van der Waals surface area contributed by atoms with Crippen LogP contribution in [-0.2, 0) is 0 Å². The number of nitrogens with one attached hydrogen (secondary N) is 1. The molecule has 0 aromatic heterocycles. The summed E-state index contributed by atoms with van der Waals surface area (Å²) in [4.78, 5) is 10.1. The molecule has 1 atom stereocenters. The van der Waals surface area contributed by atoms with Gasteiger partial charge in [-0.15, -0.1) is 0 Å². The SMILES string of the molecule is N#Cc1cc([N+](=O)[O-])ccc1OCCC1CCCCN1. The molecule has 0 aliphatic carbocycles. The van der Waals surface area contributed by atoms with E-state index in [1.807, 2.05) is 6.07 Å². The second kappa shape index (κ2) is 6.87. The molecule has 1 saturated heterocycles. The van der Waals surface area contributed by atoms with E-state index in [1.165, 1.54) is 31.0 Å². The minimum atomic E-state index is -0.517. The number of benzene rings is 1. The molecule has 2 rings (SSSR count). The number of hydrogen-bond acceptors (Lipinski definition) is 5. The molecule has 1 aliphatic rings. The van der Waals surface area contributed by atoms with E-state index >= 15 is 0 Å². The van der Waals surface area contributed by atoms with Crippen molar-refractivity contribution in [3.05, 3.63) is 33.9 Å². The molecule has 0 amide bonds.